The third-order valence-corrected chi connectivity index (χ3v) is 7.11. The number of rotatable bonds is 2. The molecule has 1 aromatic rings. The first-order valence-corrected chi connectivity index (χ1v) is 8.96. The zero-order chi connectivity index (χ0) is 15.9. The van der Waals surface area contributed by atoms with Crippen molar-refractivity contribution in [3.05, 3.63) is 22.8 Å². The number of hydrogen-bond donors (Lipinski definition) is 1. The summed E-state index contributed by atoms with van der Waals surface area (Å²) in [5.41, 5.74) is 8.94. The minimum atomic E-state index is -3.47. The third-order valence-electron chi connectivity index (χ3n) is 4.97. The third kappa shape index (κ3) is 2.81. The number of nitrogen functional groups attached to an aromatic ring is 1. The van der Waals surface area contributed by atoms with Crippen LogP contribution >= 0.6 is 0 Å². The Morgan fingerprint density at radius 1 is 1.14 bits per heavy atom. The fourth-order valence-corrected chi connectivity index (χ4v) is 5.09. The number of piperidine rings is 1. The lowest BCUT2D eigenvalue weighted by atomic mass is 9.90. The molecule has 1 aromatic carbocycles. The summed E-state index contributed by atoms with van der Waals surface area (Å²) >= 11 is 0. The van der Waals surface area contributed by atoms with Crippen molar-refractivity contribution in [1.82, 2.24) is 4.31 Å². The van der Waals surface area contributed by atoms with Crippen molar-refractivity contribution < 1.29 is 8.42 Å². The molecule has 1 aliphatic rings. The summed E-state index contributed by atoms with van der Waals surface area (Å²) in [4.78, 5) is 0.404. The topological polar surface area (TPSA) is 63.4 Å². The number of nitrogens with two attached hydrogens (primary N) is 1. The molecule has 1 aliphatic heterocycles. The second-order valence-corrected chi connectivity index (χ2v) is 8.34. The largest absolute Gasteiger partial charge is 0.398 e. The van der Waals surface area contributed by atoms with Crippen molar-refractivity contribution >= 4 is 15.7 Å². The highest BCUT2D eigenvalue weighted by molar-refractivity contribution is 7.89. The molecule has 4 nitrogen and oxygen atoms in total. The van der Waals surface area contributed by atoms with Gasteiger partial charge in [0.25, 0.3) is 0 Å². The van der Waals surface area contributed by atoms with Gasteiger partial charge in [-0.05, 0) is 61.8 Å². The first kappa shape index (κ1) is 16.3. The molecule has 118 valence electrons. The van der Waals surface area contributed by atoms with Crippen LogP contribution in [0.15, 0.2) is 11.0 Å². The quantitative estimate of drug-likeness (QED) is 0.854. The second-order valence-electron chi connectivity index (χ2n) is 6.47. The van der Waals surface area contributed by atoms with Crippen molar-refractivity contribution in [3.8, 4) is 0 Å². The van der Waals surface area contributed by atoms with E-state index in [9.17, 15) is 8.42 Å². The molecule has 1 heterocycles. The molecule has 2 atom stereocenters. The molecule has 0 bridgehead atoms. The fourth-order valence-electron chi connectivity index (χ4n) is 3.00. The van der Waals surface area contributed by atoms with Crippen LogP contribution in [0.4, 0.5) is 5.69 Å². The second kappa shape index (κ2) is 5.61. The summed E-state index contributed by atoms with van der Waals surface area (Å²) < 4.78 is 27.7. The molecule has 0 radical (unpaired) electrons. The molecule has 21 heavy (non-hydrogen) atoms. The average molecular weight is 310 g/mol. The Labute approximate surface area is 128 Å². The molecule has 5 heteroatoms. The zero-order valence-electron chi connectivity index (χ0n) is 13.6. The molecule has 2 unspecified atom stereocenters. The predicted molar refractivity (Wildman–Crippen MR) is 86.8 cm³/mol. The Morgan fingerprint density at radius 2 is 1.76 bits per heavy atom. The molecule has 0 saturated carbocycles. The van der Waals surface area contributed by atoms with Crippen LogP contribution in [0.1, 0.15) is 37.0 Å². The maximum absolute atomic E-state index is 13.1. The van der Waals surface area contributed by atoms with Crippen molar-refractivity contribution in [2.24, 2.45) is 11.8 Å². The lowest BCUT2D eigenvalue weighted by Gasteiger charge is -2.35. The zero-order valence-corrected chi connectivity index (χ0v) is 14.4. The van der Waals surface area contributed by atoms with E-state index in [4.69, 9.17) is 5.73 Å². The summed E-state index contributed by atoms with van der Waals surface area (Å²) in [6.07, 6.45) is 0.916. The summed E-state index contributed by atoms with van der Waals surface area (Å²) in [6, 6.07) is 1.85. The van der Waals surface area contributed by atoms with Gasteiger partial charge in [0.15, 0.2) is 0 Å². The maximum Gasteiger partial charge on any atom is 0.243 e. The lowest BCUT2D eigenvalue weighted by Crippen LogP contribution is -2.42. The van der Waals surface area contributed by atoms with E-state index in [1.165, 1.54) is 0 Å². The van der Waals surface area contributed by atoms with E-state index in [2.05, 4.69) is 13.8 Å². The van der Waals surface area contributed by atoms with Crippen LogP contribution in [0.2, 0.25) is 0 Å². The van der Waals surface area contributed by atoms with Gasteiger partial charge >= 0.3 is 0 Å². The van der Waals surface area contributed by atoms with Crippen LogP contribution in [0.5, 0.6) is 0 Å². The van der Waals surface area contributed by atoms with E-state index in [1.54, 1.807) is 11.2 Å². The van der Waals surface area contributed by atoms with E-state index in [-0.39, 0.29) is 0 Å². The van der Waals surface area contributed by atoms with Crippen molar-refractivity contribution in [2.45, 2.75) is 45.9 Å². The molecule has 1 saturated heterocycles. The van der Waals surface area contributed by atoms with E-state index in [0.717, 1.165) is 17.5 Å². The number of anilines is 1. The van der Waals surface area contributed by atoms with Gasteiger partial charge in [0.2, 0.25) is 10.0 Å². The van der Waals surface area contributed by atoms with E-state index in [0.29, 0.717) is 41.1 Å². The van der Waals surface area contributed by atoms with Gasteiger partial charge in [0.05, 0.1) is 4.90 Å². The van der Waals surface area contributed by atoms with Gasteiger partial charge in [-0.2, -0.15) is 4.31 Å². The highest BCUT2D eigenvalue weighted by Crippen LogP contribution is 2.33. The molecule has 2 N–H and O–H groups in total. The summed E-state index contributed by atoms with van der Waals surface area (Å²) in [7, 11) is -3.47. The first-order valence-electron chi connectivity index (χ1n) is 7.52. The fraction of sp³-hybridized carbons (Fsp3) is 0.625. The molecular weight excluding hydrogens is 284 g/mol. The van der Waals surface area contributed by atoms with Crippen LogP contribution in [-0.4, -0.2) is 25.8 Å². The number of nitrogens with zero attached hydrogens (tertiary/aromatic N) is 1. The minimum absolute atomic E-state index is 0.385. The molecular formula is C16H26N2O2S. The Bertz CT molecular complexity index is 626. The normalized spacial score (nSPS) is 24.2. The van der Waals surface area contributed by atoms with Gasteiger partial charge in [0.1, 0.15) is 0 Å². The Balaban J connectivity index is 2.51. The molecule has 1 fully saturated rings. The number of aryl methyl sites for hydroxylation is 1. The highest BCUT2D eigenvalue weighted by Gasteiger charge is 2.34. The lowest BCUT2D eigenvalue weighted by molar-refractivity contribution is 0.212. The van der Waals surface area contributed by atoms with Gasteiger partial charge in [0, 0.05) is 18.8 Å². The van der Waals surface area contributed by atoms with E-state index < -0.39 is 10.0 Å². The Hall–Kier alpha value is -1.07. The summed E-state index contributed by atoms with van der Waals surface area (Å²) in [5, 5.41) is 0. The first-order chi connectivity index (χ1) is 9.66. The number of benzene rings is 1. The van der Waals surface area contributed by atoms with Crippen LogP contribution in [-0.2, 0) is 10.0 Å². The van der Waals surface area contributed by atoms with Gasteiger partial charge in [-0.3, -0.25) is 0 Å². The van der Waals surface area contributed by atoms with Crippen molar-refractivity contribution in [3.63, 3.8) is 0 Å². The Kier molecular flexibility index (Phi) is 4.36. The number of hydrogen-bond acceptors (Lipinski definition) is 3. The smallest absolute Gasteiger partial charge is 0.243 e. The van der Waals surface area contributed by atoms with Gasteiger partial charge in [-0.15, -0.1) is 0 Å². The van der Waals surface area contributed by atoms with Crippen molar-refractivity contribution in [2.75, 3.05) is 18.8 Å². The maximum atomic E-state index is 13.1. The average Bonchev–Trinajstić information content (AvgIpc) is 2.39. The van der Waals surface area contributed by atoms with Crippen LogP contribution < -0.4 is 5.73 Å². The minimum Gasteiger partial charge on any atom is -0.398 e. The SMILES string of the molecule is Cc1cc(N)c(C)c(S(=O)(=O)N2CCC(C)C(C)C2)c1C. The molecule has 0 aromatic heterocycles. The Morgan fingerprint density at radius 3 is 2.33 bits per heavy atom. The van der Waals surface area contributed by atoms with Gasteiger partial charge in [-0.1, -0.05) is 13.8 Å². The van der Waals surface area contributed by atoms with Crippen LogP contribution in [0, 0.1) is 32.6 Å². The molecule has 0 aliphatic carbocycles. The van der Waals surface area contributed by atoms with Crippen LogP contribution in [0.3, 0.4) is 0 Å². The predicted octanol–water partition coefficient (Wildman–Crippen LogP) is 2.86. The van der Waals surface area contributed by atoms with Gasteiger partial charge < -0.3 is 5.73 Å². The molecule has 2 rings (SSSR count). The monoisotopic (exact) mass is 310 g/mol. The van der Waals surface area contributed by atoms with Crippen molar-refractivity contribution in [1.29, 1.82) is 0 Å². The number of sulfonamides is 1. The van der Waals surface area contributed by atoms with E-state index in [1.807, 2.05) is 19.9 Å². The summed E-state index contributed by atoms with van der Waals surface area (Å²) in [6.45, 7) is 11.1. The standard InChI is InChI=1S/C16H26N2O2S/c1-10-6-7-18(9-12(10)3)21(19,20)16-13(4)11(2)8-15(17)14(16)5/h8,10,12H,6-7,9,17H2,1-5H3. The summed E-state index contributed by atoms with van der Waals surface area (Å²) in [5.74, 6) is 0.956. The van der Waals surface area contributed by atoms with Crippen LogP contribution in [0.25, 0.3) is 0 Å². The highest BCUT2D eigenvalue weighted by atomic mass is 32.2. The van der Waals surface area contributed by atoms with Gasteiger partial charge in [-0.25, -0.2) is 8.42 Å². The molecule has 0 spiro atoms. The van der Waals surface area contributed by atoms with E-state index >= 15 is 0 Å². The molecule has 0 amide bonds.